The molecule has 0 saturated heterocycles. The molecule has 0 aliphatic rings. The Morgan fingerprint density at radius 3 is 1.44 bits per heavy atom. The fourth-order valence-corrected chi connectivity index (χ4v) is 5.80. The SMILES string of the molecule is CC/C=C\C/C=C\C/C=C\C/C=C\C/C=C\CCCCCCCC(=O)OCC(O)COP(=O)(O)OCCNC(=O)CCCC/C=C\C/C=C\C/C=C\C/C=C\CC. The number of allylic oxidation sites excluding steroid dienone is 18. The average molecular weight is 814 g/mol. The van der Waals surface area contributed by atoms with E-state index in [0.717, 1.165) is 109 Å². The summed E-state index contributed by atoms with van der Waals surface area (Å²) < 4.78 is 26.8. The number of esters is 1. The lowest BCUT2D eigenvalue weighted by atomic mass is 10.1. The summed E-state index contributed by atoms with van der Waals surface area (Å²) in [5, 5.41) is 12.7. The van der Waals surface area contributed by atoms with Crippen LogP contribution in [0.25, 0.3) is 0 Å². The number of phosphoric ester groups is 1. The minimum absolute atomic E-state index is 0.0497. The van der Waals surface area contributed by atoms with Crippen LogP contribution in [0.15, 0.2) is 109 Å². The molecule has 0 aromatic carbocycles. The third-order valence-electron chi connectivity index (χ3n) is 8.20. The van der Waals surface area contributed by atoms with Gasteiger partial charge in [0, 0.05) is 19.4 Å². The van der Waals surface area contributed by atoms with Crippen LogP contribution in [0.3, 0.4) is 0 Å². The monoisotopic (exact) mass is 814 g/mol. The number of amides is 1. The quantitative estimate of drug-likeness (QED) is 0.0243. The average Bonchev–Trinajstić information content (AvgIpc) is 3.20. The van der Waals surface area contributed by atoms with E-state index in [2.05, 4.69) is 129 Å². The highest BCUT2D eigenvalue weighted by Gasteiger charge is 2.23. The van der Waals surface area contributed by atoms with Crippen LogP contribution in [0.1, 0.15) is 142 Å². The van der Waals surface area contributed by atoms with E-state index >= 15 is 0 Å². The van der Waals surface area contributed by atoms with Gasteiger partial charge in [0.2, 0.25) is 5.91 Å². The van der Waals surface area contributed by atoms with Crippen LogP contribution in [0, 0.1) is 0 Å². The smallest absolute Gasteiger partial charge is 0.463 e. The van der Waals surface area contributed by atoms with Gasteiger partial charge in [-0.15, -0.1) is 0 Å². The Kier molecular flexibility index (Phi) is 39.8. The number of carbonyl (C=O) groups excluding carboxylic acids is 2. The molecule has 0 saturated carbocycles. The first kappa shape index (κ1) is 53.7. The second-order valence-corrected chi connectivity index (χ2v) is 15.0. The summed E-state index contributed by atoms with van der Waals surface area (Å²) in [5.74, 6) is -0.589. The molecule has 0 radical (unpaired) electrons. The van der Waals surface area contributed by atoms with Crippen LogP contribution >= 0.6 is 7.82 Å². The molecule has 0 bridgehead atoms. The van der Waals surface area contributed by atoms with E-state index in [1.165, 1.54) is 0 Å². The Balaban J connectivity index is 3.73. The van der Waals surface area contributed by atoms with Crippen LogP contribution in [-0.4, -0.2) is 54.3 Å². The van der Waals surface area contributed by atoms with Crippen molar-refractivity contribution in [1.82, 2.24) is 5.32 Å². The molecule has 57 heavy (non-hydrogen) atoms. The van der Waals surface area contributed by atoms with Gasteiger partial charge >= 0.3 is 13.8 Å². The number of hydrogen-bond acceptors (Lipinski definition) is 7. The second-order valence-electron chi connectivity index (χ2n) is 13.5. The van der Waals surface area contributed by atoms with Gasteiger partial charge in [-0.1, -0.05) is 142 Å². The number of hydrogen-bond donors (Lipinski definition) is 3. The van der Waals surface area contributed by atoms with Crippen molar-refractivity contribution in [2.75, 3.05) is 26.4 Å². The molecule has 2 unspecified atom stereocenters. The number of nitrogens with one attached hydrogen (secondary N) is 1. The van der Waals surface area contributed by atoms with Gasteiger partial charge in [-0.25, -0.2) is 4.57 Å². The van der Waals surface area contributed by atoms with Gasteiger partial charge in [-0.05, 0) is 96.3 Å². The Morgan fingerprint density at radius 2 is 0.947 bits per heavy atom. The lowest BCUT2D eigenvalue weighted by Crippen LogP contribution is -2.27. The van der Waals surface area contributed by atoms with E-state index in [4.69, 9.17) is 13.8 Å². The summed E-state index contributed by atoms with van der Waals surface area (Å²) in [6.45, 7) is 3.22. The maximum absolute atomic E-state index is 12.1. The number of phosphoric acid groups is 1. The molecule has 0 heterocycles. The molecule has 0 aliphatic heterocycles. The van der Waals surface area contributed by atoms with Crippen molar-refractivity contribution in [1.29, 1.82) is 0 Å². The Labute approximate surface area is 346 Å². The van der Waals surface area contributed by atoms with Crippen molar-refractivity contribution in [3.8, 4) is 0 Å². The number of ether oxygens (including phenoxy) is 1. The predicted molar refractivity (Wildman–Crippen MR) is 238 cm³/mol. The lowest BCUT2D eigenvalue weighted by Gasteiger charge is -2.15. The third kappa shape index (κ3) is 43.6. The number of carbonyl (C=O) groups is 2. The van der Waals surface area contributed by atoms with Crippen molar-refractivity contribution in [2.24, 2.45) is 0 Å². The molecule has 322 valence electrons. The first-order chi connectivity index (χ1) is 27.8. The van der Waals surface area contributed by atoms with Crippen molar-refractivity contribution in [3.63, 3.8) is 0 Å². The second kappa shape index (κ2) is 42.3. The number of unbranched alkanes of at least 4 members (excludes halogenated alkanes) is 7. The zero-order valence-corrected chi connectivity index (χ0v) is 36.1. The topological polar surface area (TPSA) is 131 Å². The van der Waals surface area contributed by atoms with Gasteiger partial charge in [0.25, 0.3) is 0 Å². The Bertz CT molecular complexity index is 1290. The highest BCUT2D eigenvalue weighted by atomic mass is 31.2. The van der Waals surface area contributed by atoms with Gasteiger partial charge in [0.05, 0.1) is 13.2 Å². The molecule has 1 amide bonds. The molecule has 0 aromatic heterocycles. The molecule has 10 heteroatoms. The molecule has 0 rings (SSSR count). The highest BCUT2D eigenvalue weighted by Crippen LogP contribution is 2.42. The van der Waals surface area contributed by atoms with Gasteiger partial charge in [-0.2, -0.15) is 0 Å². The highest BCUT2D eigenvalue weighted by molar-refractivity contribution is 7.47. The van der Waals surface area contributed by atoms with E-state index in [1.54, 1.807) is 0 Å². The van der Waals surface area contributed by atoms with Gasteiger partial charge < -0.3 is 20.1 Å². The van der Waals surface area contributed by atoms with Crippen molar-refractivity contribution < 1.29 is 37.9 Å². The number of aliphatic hydroxyl groups is 1. The maximum Gasteiger partial charge on any atom is 0.472 e. The largest absolute Gasteiger partial charge is 0.472 e. The minimum atomic E-state index is -4.44. The summed E-state index contributed by atoms with van der Waals surface area (Å²) in [7, 11) is -4.44. The fourth-order valence-electron chi connectivity index (χ4n) is 5.04. The first-order valence-corrected chi connectivity index (χ1v) is 22.9. The number of aliphatic hydroxyl groups excluding tert-OH is 1. The van der Waals surface area contributed by atoms with Crippen molar-refractivity contribution in [3.05, 3.63) is 109 Å². The zero-order valence-electron chi connectivity index (χ0n) is 35.2. The lowest BCUT2D eigenvalue weighted by molar-refractivity contribution is -0.147. The van der Waals surface area contributed by atoms with Gasteiger partial charge in [-0.3, -0.25) is 18.6 Å². The molecule has 0 spiro atoms. The molecule has 0 aliphatic carbocycles. The first-order valence-electron chi connectivity index (χ1n) is 21.4. The number of rotatable bonds is 38. The molecule has 9 nitrogen and oxygen atoms in total. The maximum atomic E-state index is 12.1. The van der Waals surface area contributed by atoms with E-state index < -0.39 is 26.5 Å². The van der Waals surface area contributed by atoms with E-state index in [9.17, 15) is 24.2 Å². The standard InChI is InChI=1S/C47H76NO8P/c1-3-5-7-9-11-13-15-17-19-20-21-22-23-24-26-28-30-32-34-36-38-40-47(51)54-43-45(49)44-56-57(52,53)55-42-41-48-46(50)39-37-35-33-31-29-27-25-18-16-14-12-10-8-6-4-2/h5-8,11-14,17-19,21-22,24-26,29,31,45,49H,3-4,9-10,15-16,20,23,27-28,30,32-44H2,1-2H3,(H,48,50)(H,52,53)/b7-5-,8-6-,13-11-,14-12-,19-17-,22-21-,25-18-,26-24-,31-29-. The molecule has 0 aromatic rings. The van der Waals surface area contributed by atoms with Crippen molar-refractivity contribution >= 4 is 19.7 Å². The Hall–Kier alpha value is -3.33. The van der Waals surface area contributed by atoms with Crippen LogP contribution in [-0.2, 0) is 27.9 Å². The van der Waals surface area contributed by atoms with Crippen LogP contribution < -0.4 is 5.32 Å². The molecule has 3 N–H and O–H groups in total. The van der Waals surface area contributed by atoms with E-state index in [1.807, 2.05) is 0 Å². The van der Waals surface area contributed by atoms with Crippen LogP contribution in [0.4, 0.5) is 0 Å². The third-order valence-corrected chi connectivity index (χ3v) is 9.18. The van der Waals surface area contributed by atoms with Gasteiger partial charge in [0.1, 0.15) is 12.7 Å². The summed E-state index contributed by atoms with van der Waals surface area (Å²) in [4.78, 5) is 33.9. The molecule has 2 atom stereocenters. The fraction of sp³-hybridized carbons (Fsp3) is 0.574. The van der Waals surface area contributed by atoms with Crippen LogP contribution in [0.5, 0.6) is 0 Å². The predicted octanol–water partition coefficient (Wildman–Crippen LogP) is 12.0. The summed E-state index contributed by atoms with van der Waals surface area (Å²) >= 11 is 0. The van der Waals surface area contributed by atoms with E-state index in [-0.39, 0.29) is 32.1 Å². The van der Waals surface area contributed by atoms with Crippen LogP contribution in [0.2, 0.25) is 0 Å². The molecule has 0 fully saturated rings. The Morgan fingerprint density at radius 1 is 0.544 bits per heavy atom. The summed E-state index contributed by atoms with van der Waals surface area (Å²) in [6.07, 6.45) is 55.9. The minimum Gasteiger partial charge on any atom is -0.463 e. The molecular formula is C47H76NO8P. The zero-order chi connectivity index (χ0) is 41.8. The summed E-state index contributed by atoms with van der Waals surface area (Å²) in [5.41, 5.74) is 0. The van der Waals surface area contributed by atoms with E-state index in [0.29, 0.717) is 12.8 Å². The summed E-state index contributed by atoms with van der Waals surface area (Å²) in [6, 6.07) is 0. The molecular weight excluding hydrogens is 737 g/mol. The van der Waals surface area contributed by atoms with Gasteiger partial charge in [0.15, 0.2) is 0 Å². The van der Waals surface area contributed by atoms with Crippen molar-refractivity contribution in [2.45, 2.75) is 148 Å². The normalized spacial score (nSPS) is 14.4.